The summed E-state index contributed by atoms with van der Waals surface area (Å²) in [5.74, 6) is -2.94. The molecule has 6 nitrogen and oxygen atoms in total. The van der Waals surface area contributed by atoms with Gasteiger partial charge in [0.25, 0.3) is 11.8 Å². The Labute approximate surface area is 173 Å². The summed E-state index contributed by atoms with van der Waals surface area (Å²) < 4.78 is 28.9. The van der Waals surface area contributed by atoms with Gasteiger partial charge < -0.3 is 4.90 Å². The predicted molar refractivity (Wildman–Crippen MR) is 110 cm³/mol. The van der Waals surface area contributed by atoms with Crippen molar-refractivity contribution in [3.8, 4) is 22.5 Å². The lowest BCUT2D eigenvalue weighted by molar-refractivity contribution is -0.0494. The molecule has 1 aliphatic rings. The van der Waals surface area contributed by atoms with Gasteiger partial charge in [-0.1, -0.05) is 6.07 Å². The number of halogens is 2. The lowest BCUT2D eigenvalue weighted by atomic mass is 9.97. The third kappa shape index (κ3) is 3.99. The molecule has 158 valence electrons. The van der Waals surface area contributed by atoms with Crippen LogP contribution < -0.4 is 0 Å². The molecule has 1 amide bonds. The number of nitrogens with zero attached hydrogens (tertiary/aromatic N) is 4. The van der Waals surface area contributed by atoms with E-state index in [-0.39, 0.29) is 37.9 Å². The van der Waals surface area contributed by atoms with E-state index in [0.717, 1.165) is 17.0 Å². The van der Waals surface area contributed by atoms with E-state index in [4.69, 9.17) is 0 Å². The lowest BCUT2D eigenvalue weighted by Gasteiger charge is -2.32. The lowest BCUT2D eigenvalue weighted by Crippen LogP contribution is -2.42. The van der Waals surface area contributed by atoms with Crippen molar-refractivity contribution in [2.45, 2.75) is 45.6 Å². The van der Waals surface area contributed by atoms with E-state index >= 15 is 0 Å². The van der Waals surface area contributed by atoms with Crippen LogP contribution in [-0.2, 0) is 0 Å². The highest BCUT2D eigenvalue weighted by Crippen LogP contribution is 2.32. The molecule has 1 aromatic carbocycles. The van der Waals surface area contributed by atoms with Gasteiger partial charge in [-0.25, -0.2) is 8.78 Å². The molecule has 1 aliphatic heterocycles. The summed E-state index contributed by atoms with van der Waals surface area (Å²) in [6.07, 6.45) is 1.27. The van der Waals surface area contributed by atoms with Crippen LogP contribution in [0.1, 0.15) is 48.8 Å². The maximum Gasteiger partial charge on any atom is 0.254 e. The number of amides is 1. The number of benzene rings is 1. The number of carbonyl (C=O) groups is 1. The van der Waals surface area contributed by atoms with E-state index in [1.54, 1.807) is 6.07 Å². The Bertz CT molecular complexity index is 1060. The first-order valence-corrected chi connectivity index (χ1v) is 10.1. The molecular formula is C22H25F2N5O. The molecule has 3 heterocycles. The highest BCUT2D eigenvalue weighted by Gasteiger charge is 2.36. The van der Waals surface area contributed by atoms with Crippen molar-refractivity contribution < 1.29 is 13.6 Å². The molecule has 3 aromatic rings. The summed E-state index contributed by atoms with van der Waals surface area (Å²) in [6.45, 7) is 6.05. The van der Waals surface area contributed by atoms with Crippen LogP contribution in [0.15, 0.2) is 36.5 Å². The molecule has 0 spiro atoms. The highest BCUT2D eigenvalue weighted by molar-refractivity contribution is 6.01. The number of rotatable bonds is 4. The van der Waals surface area contributed by atoms with Gasteiger partial charge in [-0.15, -0.1) is 0 Å². The molecule has 0 saturated carbocycles. The summed E-state index contributed by atoms with van der Waals surface area (Å²) in [6, 6.07) is 9.50. The Kier molecular flexibility index (Phi) is 5.17. The molecule has 1 N–H and O–H groups in total. The van der Waals surface area contributed by atoms with Crippen molar-refractivity contribution in [2.24, 2.45) is 0 Å². The fraction of sp³-hybridized carbons (Fsp3) is 0.409. The number of piperidine rings is 1. The Morgan fingerprint density at radius 3 is 2.50 bits per heavy atom. The first-order chi connectivity index (χ1) is 14.2. The van der Waals surface area contributed by atoms with Gasteiger partial charge in [-0.3, -0.25) is 14.6 Å². The van der Waals surface area contributed by atoms with Gasteiger partial charge in [0.1, 0.15) is 0 Å². The Morgan fingerprint density at radius 2 is 1.90 bits per heavy atom. The zero-order valence-electron chi connectivity index (χ0n) is 17.3. The minimum Gasteiger partial charge on any atom is -0.338 e. The molecule has 4 rings (SSSR count). The number of aromatic amines is 1. The maximum absolute atomic E-state index is 13.5. The van der Waals surface area contributed by atoms with E-state index in [1.807, 2.05) is 55.9 Å². The number of hydrogen-bond donors (Lipinski definition) is 1. The van der Waals surface area contributed by atoms with E-state index in [2.05, 4.69) is 15.3 Å². The molecule has 0 aliphatic carbocycles. The van der Waals surface area contributed by atoms with Gasteiger partial charge in [0, 0.05) is 54.9 Å². The molecule has 1 saturated heterocycles. The van der Waals surface area contributed by atoms with E-state index in [9.17, 15) is 13.6 Å². The van der Waals surface area contributed by atoms with Gasteiger partial charge in [0.05, 0.1) is 17.1 Å². The second kappa shape index (κ2) is 7.66. The molecular weight excluding hydrogens is 388 g/mol. The molecule has 1 fully saturated rings. The third-order valence-electron chi connectivity index (χ3n) is 5.46. The fourth-order valence-electron chi connectivity index (χ4n) is 3.66. The normalized spacial score (nSPS) is 16.3. The molecule has 0 unspecified atom stereocenters. The van der Waals surface area contributed by atoms with Crippen LogP contribution in [0.2, 0.25) is 0 Å². The quantitative estimate of drug-likeness (QED) is 0.674. The summed E-state index contributed by atoms with van der Waals surface area (Å²) in [7, 11) is 0. The first-order valence-electron chi connectivity index (χ1n) is 10.1. The second-order valence-corrected chi connectivity index (χ2v) is 8.11. The number of aryl methyl sites for hydroxylation is 1. The van der Waals surface area contributed by atoms with Crippen LogP contribution >= 0.6 is 0 Å². The van der Waals surface area contributed by atoms with Crippen molar-refractivity contribution in [1.29, 1.82) is 0 Å². The number of alkyl halides is 2. The van der Waals surface area contributed by atoms with Crippen LogP contribution in [0.3, 0.4) is 0 Å². The average molecular weight is 413 g/mol. The number of hydrogen-bond acceptors (Lipinski definition) is 3. The van der Waals surface area contributed by atoms with Crippen molar-refractivity contribution in [3.63, 3.8) is 0 Å². The molecule has 0 radical (unpaired) electrons. The largest absolute Gasteiger partial charge is 0.338 e. The number of carbonyl (C=O) groups excluding carboxylic acids is 1. The minimum atomic E-state index is -2.70. The first kappa shape index (κ1) is 20.3. The van der Waals surface area contributed by atoms with E-state index in [0.29, 0.717) is 16.8 Å². The molecule has 0 atom stereocenters. The Balaban J connectivity index is 1.74. The number of aromatic nitrogens is 4. The zero-order chi connectivity index (χ0) is 21.5. The summed E-state index contributed by atoms with van der Waals surface area (Å²) in [4.78, 5) is 14.7. The predicted octanol–water partition coefficient (Wildman–Crippen LogP) is 4.70. The topological polar surface area (TPSA) is 66.8 Å². The second-order valence-electron chi connectivity index (χ2n) is 8.11. The van der Waals surface area contributed by atoms with E-state index in [1.165, 1.54) is 4.90 Å². The number of nitrogens with one attached hydrogen (secondary N) is 1. The van der Waals surface area contributed by atoms with Crippen LogP contribution in [0.25, 0.3) is 22.5 Å². The Hall–Kier alpha value is -3.03. The summed E-state index contributed by atoms with van der Waals surface area (Å²) in [5.41, 5.74) is 4.41. The van der Waals surface area contributed by atoms with Gasteiger partial charge in [0.15, 0.2) is 0 Å². The monoisotopic (exact) mass is 413 g/mol. The third-order valence-corrected chi connectivity index (χ3v) is 5.46. The van der Waals surface area contributed by atoms with E-state index < -0.39 is 5.92 Å². The minimum absolute atomic E-state index is 0.0488. The van der Waals surface area contributed by atoms with Crippen molar-refractivity contribution in [3.05, 3.63) is 47.8 Å². The van der Waals surface area contributed by atoms with Crippen LogP contribution in [0.5, 0.6) is 0 Å². The van der Waals surface area contributed by atoms with Crippen molar-refractivity contribution in [1.82, 2.24) is 24.9 Å². The van der Waals surface area contributed by atoms with Gasteiger partial charge >= 0.3 is 0 Å². The molecule has 0 bridgehead atoms. The van der Waals surface area contributed by atoms with Gasteiger partial charge in [0.2, 0.25) is 0 Å². The summed E-state index contributed by atoms with van der Waals surface area (Å²) in [5, 5.41) is 11.8. The van der Waals surface area contributed by atoms with Crippen LogP contribution in [0.4, 0.5) is 8.78 Å². The standard InChI is InChI=1S/C22H25F2N5O/c1-14(2)29-9-6-19(27-29)18-13-16(20-12-15(3)25-26-20)4-5-17(18)21(30)28-10-7-22(23,24)8-11-28/h4-6,9,12-14H,7-8,10-11H2,1-3H3,(H,25,26). The smallest absolute Gasteiger partial charge is 0.254 e. The number of likely N-dealkylation sites (tertiary alicyclic amines) is 1. The zero-order valence-corrected chi connectivity index (χ0v) is 17.3. The highest BCUT2D eigenvalue weighted by atomic mass is 19.3. The van der Waals surface area contributed by atoms with Crippen molar-refractivity contribution in [2.75, 3.05) is 13.1 Å². The van der Waals surface area contributed by atoms with Gasteiger partial charge in [-0.2, -0.15) is 10.2 Å². The molecule has 30 heavy (non-hydrogen) atoms. The number of H-pyrrole nitrogens is 1. The Morgan fingerprint density at radius 1 is 1.17 bits per heavy atom. The molecule has 8 heteroatoms. The van der Waals surface area contributed by atoms with Crippen molar-refractivity contribution >= 4 is 5.91 Å². The molecule has 2 aromatic heterocycles. The van der Waals surface area contributed by atoms with Crippen LogP contribution in [0, 0.1) is 6.92 Å². The van der Waals surface area contributed by atoms with Crippen LogP contribution in [-0.4, -0.2) is 49.8 Å². The average Bonchev–Trinajstić information content (AvgIpc) is 3.36. The summed E-state index contributed by atoms with van der Waals surface area (Å²) >= 11 is 0. The van der Waals surface area contributed by atoms with Gasteiger partial charge in [-0.05, 0) is 45.0 Å². The SMILES string of the molecule is Cc1cc(-c2ccc(C(=O)N3CCC(F)(F)CC3)c(-c3ccn(C(C)C)n3)c2)[nH]n1. The fourth-order valence-corrected chi connectivity index (χ4v) is 3.66. The maximum atomic E-state index is 13.5.